The molecule has 1 nitrogen and oxygen atoms in total. The lowest BCUT2D eigenvalue weighted by molar-refractivity contribution is 0.924. The van der Waals surface area contributed by atoms with Crippen LogP contribution in [0.15, 0.2) is 52.7 Å². The van der Waals surface area contributed by atoms with Crippen molar-refractivity contribution in [3.63, 3.8) is 0 Å². The van der Waals surface area contributed by atoms with Gasteiger partial charge in [-0.1, -0.05) is 43.2 Å². The van der Waals surface area contributed by atoms with Gasteiger partial charge in [0.05, 0.1) is 5.70 Å². The summed E-state index contributed by atoms with van der Waals surface area (Å²) in [5.41, 5.74) is 3.59. The van der Waals surface area contributed by atoms with Gasteiger partial charge >= 0.3 is 0 Å². The van der Waals surface area contributed by atoms with Gasteiger partial charge in [0.15, 0.2) is 0 Å². The highest BCUT2D eigenvalue weighted by Crippen LogP contribution is 2.11. The molecule has 0 radical (unpaired) electrons. The molecular weight excluding hydrogens is 194 g/mol. The van der Waals surface area contributed by atoms with Crippen LogP contribution in [0.5, 0.6) is 0 Å². The number of allylic oxidation sites excluding steroid dienone is 7. The summed E-state index contributed by atoms with van der Waals surface area (Å²) in [6, 6.07) is 0. The molecule has 0 saturated carbocycles. The fraction of sp³-hybridized carbons (Fsp3) is 0.400. The number of nitrogens with zero attached hydrogens (tertiary/aromatic N) is 1. The van der Waals surface area contributed by atoms with Gasteiger partial charge in [-0.25, -0.2) is 0 Å². The van der Waals surface area contributed by atoms with E-state index >= 15 is 0 Å². The maximum absolute atomic E-state index is 4.54. The number of hydrogen-bond acceptors (Lipinski definition) is 1. The first-order valence-electron chi connectivity index (χ1n) is 6.00. The summed E-state index contributed by atoms with van der Waals surface area (Å²) in [6.45, 7) is 6.36. The Kier molecular flexibility index (Phi) is 5.55. The van der Waals surface area contributed by atoms with Gasteiger partial charge in [-0.15, -0.1) is 0 Å². The topological polar surface area (TPSA) is 12.4 Å². The van der Waals surface area contributed by atoms with Gasteiger partial charge in [0.25, 0.3) is 0 Å². The third-order valence-electron chi connectivity index (χ3n) is 2.51. The third-order valence-corrected chi connectivity index (χ3v) is 2.51. The van der Waals surface area contributed by atoms with Crippen LogP contribution in [0.1, 0.15) is 40.0 Å². The number of aliphatic imine (C=N–C) groups is 1. The van der Waals surface area contributed by atoms with Crippen LogP contribution in [0, 0.1) is 0 Å². The van der Waals surface area contributed by atoms with E-state index in [-0.39, 0.29) is 0 Å². The molecule has 0 aromatic rings. The standard InChI is InChI=1S/C15H21N/c1-4-8-14(5-2)11-12-15-10-7-6-9-13(3)16-15/h5-7,10-12H,4,8-9H2,1-3H3/b12-11-,14-5-. The van der Waals surface area contributed by atoms with Crippen LogP contribution in [0.4, 0.5) is 0 Å². The fourth-order valence-electron chi connectivity index (χ4n) is 1.61. The van der Waals surface area contributed by atoms with E-state index in [2.05, 4.69) is 62.2 Å². The minimum atomic E-state index is 0.958. The zero-order valence-electron chi connectivity index (χ0n) is 10.5. The van der Waals surface area contributed by atoms with Gasteiger partial charge in [0, 0.05) is 12.1 Å². The van der Waals surface area contributed by atoms with Crippen LogP contribution in [0.3, 0.4) is 0 Å². The SMILES string of the molecule is C/C=C(\C=C/C1=CC=CCC(C)=N1)CCC. The van der Waals surface area contributed by atoms with E-state index in [9.17, 15) is 0 Å². The molecule has 1 rings (SSSR count). The molecule has 0 bridgehead atoms. The highest BCUT2D eigenvalue weighted by Gasteiger charge is 1.95. The van der Waals surface area contributed by atoms with E-state index in [1.165, 1.54) is 17.7 Å². The summed E-state index contributed by atoms with van der Waals surface area (Å²) in [7, 11) is 0. The molecule has 0 N–H and O–H groups in total. The molecule has 0 aromatic carbocycles. The lowest BCUT2D eigenvalue weighted by atomic mass is 10.1. The third kappa shape index (κ3) is 4.43. The van der Waals surface area contributed by atoms with E-state index in [4.69, 9.17) is 0 Å². The van der Waals surface area contributed by atoms with Gasteiger partial charge < -0.3 is 0 Å². The Bertz CT molecular complexity index is 365. The normalized spacial score (nSPS) is 17.3. The Hall–Kier alpha value is -1.37. The predicted molar refractivity (Wildman–Crippen MR) is 72.8 cm³/mol. The van der Waals surface area contributed by atoms with Crippen LogP contribution in [-0.2, 0) is 0 Å². The first-order valence-corrected chi connectivity index (χ1v) is 6.00. The van der Waals surface area contributed by atoms with Crippen LogP contribution in [0.2, 0.25) is 0 Å². The van der Waals surface area contributed by atoms with Crippen molar-refractivity contribution in [2.45, 2.75) is 40.0 Å². The molecular formula is C15H21N. The van der Waals surface area contributed by atoms with Gasteiger partial charge in [0.2, 0.25) is 0 Å². The van der Waals surface area contributed by atoms with Crippen LogP contribution in [-0.4, -0.2) is 5.71 Å². The molecule has 0 unspecified atom stereocenters. The quantitative estimate of drug-likeness (QED) is 0.608. The molecule has 0 fully saturated rings. The summed E-state index contributed by atoms with van der Waals surface area (Å²) in [5.74, 6) is 0. The summed E-state index contributed by atoms with van der Waals surface area (Å²) >= 11 is 0. The Morgan fingerprint density at radius 3 is 3.00 bits per heavy atom. The van der Waals surface area contributed by atoms with Crippen LogP contribution < -0.4 is 0 Å². The Labute approximate surface area is 99.0 Å². The van der Waals surface area contributed by atoms with Crippen molar-refractivity contribution >= 4 is 5.71 Å². The molecule has 0 aromatic heterocycles. The zero-order valence-corrected chi connectivity index (χ0v) is 10.5. The van der Waals surface area contributed by atoms with Gasteiger partial charge in [0.1, 0.15) is 0 Å². The molecule has 16 heavy (non-hydrogen) atoms. The van der Waals surface area contributed by atoms with E-state index < -0.39 is 0 Å². The smallest absolute Gasteiger partial charge is 0.0629 e. The number of rotatable bonds is 4. The van der Waals surface area contributed by atoms with Gasteiger partial charge in [-0.05, 0) is 32.4 Å². The molecule has 0 amide bonds. The minimum Gasteiger partial charge on any atom is -0.258 e. The Balaban J connectivity index is 2.72. The molecule has 0 atom stereocenters. The monoisotopic (exact) mass is 215 g/mol. The lowest BCUT2D eigenvalue weighted by Gasteiger charge is -1.98. The Morgan fingerprint density at radius 2 is 2.31 bits per heavy atom. The largest absolute Gasteiger partial charge is 0.258 e. The summed E-state index contributed by atoms with van der Waals surface area (Å²) < 4.78 is 0. The maximum atomic E-state index is 4.54. The molecule has 0 aliphatic carbocycles. The number of hydrogen-bond donors (Lipinski definition) is 0. The van der Waals surface area contributed by atoms with Crippen molar-refractivity contribution in [3.05, 3.63) is 47.7 Å². The van der Waals surface area contributed by atoms with E-state index in [0.717, 1.165) is 18.5 Å². The molecule has 0 saturated heterocycles. The molecule has 1 heteroatoms. The zero-order chi connectivity index (χ0) is 11.8. The highest BCUT2D eigenvalue weighted by atomic mass is 14.7. The second-order valence-electron chi connectivity index (χ2n) is 4.02. The average molecular weight is 215 g/mol. The first-order chi connectivity index (χ1) is 7.76. The summed E-state index contributed by atoms with van der Waals surface area (Å²) in [5, 5.41) is 0. The predicted octanol–water partition coefficient (Wildman–Crippen LogP) is 4.59. The summed E-state index contributed by atoms with van der Waals surface area (Å²) in [6.07, 6.45) is 16.0. The molecule has 1 aliphatic heterocycles. The second kappa shape index (κ2) is 7.00. The average Bonchev–Trinajstić information content (AvgIpc) is 2.49. The van der Waals surface area contributed by atoms with Crippen LogP contribution in [0.25, 0.3) is 0 Å². The summed E-state index contributed by atoms with van der Waals surface area (Å²) in [4.78, 5) is 4.54. The van der Waals surface area contributed by atoms with Crippen molar-refractivity contribution in [2.24, 2.45) is 4.99 Å². The van der Waals surface area contributed by atoms with Gasteiger partial charge in [-0.3, -0.25) is 4.99 Å². The van der Waals surface area contributed by atoms with E-state index in [0.29, 0.717) is 0 Å². The van der Waals surface area contributed by atoms with Crippen molar-refractivity contribution in [2.75, 3.05) is 0 Å². The van der Waals surface area contributed by atoms with Crippen molar-refractivity contribution in [3.8, 4) is 0 Å². The highest BCUT2D eigenvalue weighted by molar-refractivity contribution is 5.85. The molecule has 86 valence electrons. The van der Waals surface area contributed by atoms with Crippen molar-refractivity contribution in [1.82, 2.24) is 0 Å². The van der Waals surface area contributed by atoms with Crippen molar-refractivity contribution in [1.29, 1.82) is 0 Å². The van der Waals surface area contributed by atoms with Gasteiger partial charge in [-0.2, -0.15) is 0 Å². The van der Waals surface area contributed by atoms with E-state index in [1.807, 2.05) is 0 Å². The second-order valence-corrected chi connectivity index (χ2v) is 4.02. The Morgan fingerprint density at radius 1 is 1.50 bits per heavy atom. The first kappa shape index (κ1) is 12.7. The molecule has 1 aliphatic rings. The minimum absolute atomic E-state index is 0.958. The fourth-order valence-corrected chi connectivity index (χ4v) is 1.61. The van der Waals surface area contributed by atoms with Crippen molar-refractivity contribution < 1.29 is 0 Å². The lowest BCUT2D eigenvalue weighted by Crippen LogP contribution is -1.87. The van der Waals surface area contributed by atoms with E-state index in [1.54, 1.807) is 0 Å². The molecule has 1 heterocycles. The maximum Gasteiger partial charge on any atom is 0.0629 e. The molecule has 0 spiro atoms. The van der Waals surface area contributed by atoms with Crippen LogP contribution >= 0.6 is 0 Å².